The molecule has 2 aromatic rings. The first kappa shape index (κ1) is 16.2. The Hall–Kier alpha value is -3.13. The molecular formula is C18H17N3O2. The van der Waals surface area contributed by atoms with E-state index in [9.17, 15) is 9.59 Å². The van der Waals surface area contributed by atoms with Crippen LogP contribution in [0.3, 0.4) is 0 Å². The summed E-state index contributed by atoms with van der Waals surface area (Å²) in [6.07, 6.45) is -0.288. The van der Waals surface area contributed by atoms with Crippen LogP contribution in [0.5, 0.6) is 0 Å². The van der Waals surface area contributed by atoms with Gasteiger partial charge in [-0.2, -0.15) is 5.26 Å². The average molecular weight is 307 g/mol. The van der Waals surface area contributed by atoms with Crippen LogP contribution in [0, 0.1) is 25.2 Å². The number of aryl methyl sites for hydroxylation is 2. The summed E-state index contributed by atoms with van der Waals surface area (Å²) in [4.78, 5) is 23.8. The molecule has 0 saturated carbocycles. The fourth-order valence-electron chi connectivity index (χ4n) is 2.04. The molecule has 116 valence electrons. The Bertz CT molecular complexity index is 791. The number of amides is 2. The van der Waals surface area contributed by atoms with Gasteiger partial charge in [0.25, 0.3) is 0 Å². The van der Waals surface area contributed by atoms with Gasteiger partial charge in [-0.15, -0.1) is 0 Å². The number of hydrogen-bond acceptors (Lipinski definition) is 3. The molecule has 0 aliphatic carbocycles. The van der Waals surface area contributed by atoms with Crippen LogP contribution < -0.4 is 10.6 Å². The largest absolute Gasteiger partial charge is 0.326 e. The Morgan fingerprint density at radius 3 is 2.22 bits per heavy atom. The maximum atomic E-state index is 11.9. The predicted molar refractivity (Wildman–Crippen MR) is 88.9 cm³/mol. The molecule has 5 nitrogen and oxygen atoms in total. The average Bonchev–Trinajstić information content (AvgIpc) is 2.51. The number of carbonyl (C=O) groups excluding carboxylic acids is 2. The summed E-state index contributed by atoms with van der Waals surface area (Å²) in [6.45, 7) is 3.95. The number of hydrogen-bond donors (Lipinski definition) is 2. The Morgan fingerprint density at radius 2 is 1.61 bits per heavy atom. The summed E-state index contributed by atoms with van der Waals surface area (Å²) in [5, 5.41) is 14.1. The van der Waals surface area contributed by atoms with Crippen molar-refractivity contribution in [2.24, 2.45) is 0 Å². The highest BCUT2D eigenvalue weighted by atomic mass is 16.2. The lowest BCUT2D eigenvalue weighted by molar-refractivity contribution is -0.123. The van der Waals surface area contributed by atoms with Crippen molar-refractivity contribution in [1.82, 2.24) is 0 Å². The van der Waals surface area contributed by atoms with E-state index in [1.807, 2.05) is 32.0 Å². The topological polar surface area (TPSA) is 82.0 Å². The first-order valence-corrected chi connectivity index (χ1v) is 7.15. The molecule has 23 heavy (non-hydrogen) atoms. The van der Waals surface area contributed by atoms with Crippen LogP contribution in [0.1, 0.15) is 23.1 Å². The number of anilines is 2. The Balaban J connectivity index is 1.93. The van der Waals surface area contributed by atoms with Gasteiger partial charge in [-0.05, 0) is 55.3 Å². The molecule has 0 unspecified atom stereocenters. The van der Waals surface area contributed by atoms with Gasteiger partial charge in [-0.1, -0.05) is 12.1 Å². The Morgan fingerprint density at radius 1 is 0.957 bits per heavy atom. The molecule has 2 amide bonds. The molecule has 0 saturated heterocycles. The molecule has 0 aromatic heterocycles. The first-order chi connectivity index (χ1) is 11.0. The maximum absolute atomic E-state index is 11.9. The summed E-state index contributed by atoms with van der Waals surface area (Å²) in [7, 11) is 0. The predicted octanol–water partition coefficient (Wildman–Crippen LogP) is 3.14. The van der Waals surface area contributed by atoms with E-state index in [1.165, 1.54) is 0 Å². The van der Waals surface area contributed by atoms with Crippen molar-refractivity contribution in [1.29, 1.82) is 5.26 Å². The zero-order chi connectivity index (χ0) is 16.8. The van der Waals surface area contributed by atoms with Crippen molar-refractivity contribution in [2.45, 2.75) is 20.3 Å². The van der Waals surface area contributed by atoms with Gasteiger partial charge >= 0.3 is 0 Å². The maximum Gasteiger partial charge on any atom is 0.233 e. The number of nitrogens with zero attached hydrogens (tertiary/aromatic N) is 1. The van der Waals surface area contributed by atoms with E-state index in [0.29, 0.717) is 16.9 Å². The van der Waals surface area contributed by atoms with E-state index in [4.69, 9.17) is 5.26 Å². The molecule has 0 bridgehead atoms. The van der Waals surface area contributed by atoms with Gasteiger partial charge in [0.15, 0.2) is 0 Å². The highest BCUT2D eigenvalue weighted by molar-refractivity contribution is 6.08. The van der Waals surface area contributed by atoms with Crippen molar-refractivity contribution in [2.75, 3.05) is 10.6 Å². The molecule has 0 radical (unpaired) electrons. The van der Waals surface area contributed by atoms with Crippen LogP contribution in [0.25, 0.3) is 0 Å². The zero-order valence-electron chi connectivity index (χ0n) is 13.0. The number of benzene rings is 2. The van der Waals surface area contributed by atoms with Gasteiger partial charge in [0.05, 0.1) is 11.6 Å². The normalized spacial score (nSPS) is 9.78. The van der Waals surface area contributed by atoms with Gasteiger partial charge < -0.3 is 10.6 Å². The first-order valence-electron chi connectivity index (χ1n) is 7.15. The number of nitrogens with one attached hydrogen (secondary N) is 2. The van der Waals surface area contributed by atoms with Crippen LogP contribution in [0.2, 0.25) is 0 Å². The quantitative estimate of drug-likeness (QED) is 0.851. The zero-order valence-corrected chi connectivity index (χ0v) is 13.0. The summed E-state index contributed by atoms with van der Waals surface area (Å²) < 4.78 is 0. The van der Waals surface area contributed by atoms with Crippen molar-refractivity contribution in [3.05, 3.63) is 59.2 Å². The molecule has 0 spiro atoms. The monoisotopic (exact) mass is 307 g/mol. The minimum absolute atomic E-state index is 0.288. The van der Waals surface area contributed by atoms with Crippen LogP contribution in [-0.2, 0) is 9.59 Å². The minimum Gasteiger partial charge on any atom is -0.326 e. The molecule has 2 rings (SSSR count). The minimum atomic E-state index is -0.429. The van der Waals surface area contributed by atoms with Crippen LogP contribution in [0.15, 0.2) is 42.5 Å². The van der Waals surface area contributed by atoms with E-state index in [1.54, 1.807) is 30.3 Å². The summed E-state index contributed by atoms with van der Waals surface area (Å²) in [6, 6.07) is 14.1. The lowest BCUT2D eigenvalue weighted by Gasteiger charge is -2.08. The molecule has 2 aromatic carbocycles. The second kappa shape index (κ2) is 7.23. The van der Waals surface area contributed by atoms with E-state index in [2.05, 4.69) is 10.6 Å². The van der Waals surface area contributed by atoms with Crippen LogP contribution in [-0.4, -0.2) is 11.8 Å². The second-order valence-corrected chi connectivity index (χ2v) is 5.26. The Labute approximate surface area is 134 Å². The van der Waals surface area contributed by atoms with Crippen LogP contribution >= 0.6 is 0 Å². The molecule has 0 fully saturated rings. The number of nitriles is 1. The lowest BCUT2D eigenvalue weighted by atomic mass is 10.1. The molecule has 5 heteroatoms. The lowest BCUT2D eigenvalue weighted by Crippen LogP contribution is -2.21. The number of rotatable bonds is 4. The summed E-state index contributed by atoms with van der Waals surface area (Å²) in [5.41, 5.74) is 3.81. The fraction of sp³-hybridized carbons (Fsp3) is 0.167. The molecule has 0 heterocycles. The van der Waals surface area contributed by atoms with Crippen molar-refractivity contribution in [3.63, 3.8) is 0 Å². The molecule has 0 aliphatic rings. The fourth-order valence-corrected chi connectivity index (χ4v) is 2.04. The van der Waals surface area contributed by atoms with E-state index < -0.39 is 5.91 Å². The van der Waals surface area contributed by atoms with E-state index >= 15 is 0 Å². The van der Waals surface area contributed by atoms with Gasteiger partial charge in [0, 0.05) is 11.4 Å². The summed E-state index contributed by atoms with van der Waals surface area (Å²) in [5.74, 6) is -0.816. The van der Waals surface area contributed by atoms with Gasteiger partial charge in [-0.3, -0.25) is 9.59 Å². The smallest absolute Gasteiger partial charge is 0.233 e. The summed E-state index contributed by atoms with van der Waals surface area (Å²) >= 11 is 0. The van der Waals surface area contributed by atoms with Crippen molar-refractivity contribution < 1.29 is 9.59 Å². The molecule has 0 aliphatic heterocycles. The SMILES string of the molecule is Cc1ccc(NC(=O)CC(=O)Nc2cccc(C#N)c2)cc1C. The number of carbonyl (C=O) groups is 2. The van der Waals surface area contributed by atoms with Crippen molar-refractivity contribution in [3.8, 4) is 6.07 Å². The second-order valence-electron chi connectivity index (χ2n) is 5.26. The van der Waals surface area contributed by atoms with Crippen molar-refractivity contribution >= 4 is 23.2 Å². The Kier molecular flexibility index (Phi) is 5.11. The highest BCUT2D eigenvalue weighted by Gasteiger charge is 2.10. The van der Waals surface area contributed by atoms with Gasteiger partial charge in [0.1, 0.15) is 6.42 Å². The molecule has 0 atom stereocenters. The third-order valence-electron chi connectivity index (χ3n) is 3.39. The van der Waals surface area contributed by atoms with Gasteiger partial charge in [-0.25, -0.2) is 0 Å². The van der Waals surface area contributed by atoms with E-state index in [-0.39, 0.29) is 12.3 Å². The van der Waals surface area contributed by atoms with Crippen LogP contribution in [0.4, 0.5) is 11.4 Å². The third kappa shape index (κ3) is 4.68. The molecular weight excluding hydrogens is 290 g/mol. The molecule has 2 N–H and O–H groups in total. The third-order valence-corrected chi connectivity index (χ3v) is 3.39. The highest BCUT2D eigenvalue weighted by Crippen LogP contribution is 2.15. The standard InChI is InChI=1S/C18H17N3O2/c1-12-6-7-16(8-13(12)2)21-18(23)10-17(22)20-15-5-3-4-14(9-15)11-19/h3-9H,10H2,1-2H3,(H,20,22)(H,21,23). The van der Waals surface area contributed by atoms with E-state index in [0.717, 1.165) is 11.1 Å². The van der Waals surface area contributed by atoms with Gasteiger partial charge in [0.2, 0.25) is 11.8 Å².